The number of benzene rings is 1. The molecule has 0 aliphatic carbocycles. The van der Waals surface area contributed by atoms with Crippen LogP contribution in [-0.2, 0) is 26.8 Å². The Kier molecular flexibility index (Phi) is 8.78. The molecule has 1 aromatic carbocycles. The van der Waals surface area contributed by atoms with E-state index in [4.69, 9.17) is 4.74 Å². The highest BCUT2D eigenvalue weighted by molar-refractivity contribution is 7.84. The van der Waals surface area contributed by atoms with Crippen LogP contribution in [0.15, 0.2) is 30.3 Å². The van der Waals surface area contributed by atoms with Gasteiger partial charge in [-0.1, -0.05) is 30.3 Å². The van der Waals surface area contributed by atoms with E-state index in [9.17, 15) is 13.8 Å². The van der Waals surface area contributed by atoms with Crippen molar-refractivity contribution in [2.24, 2.45) is 0 Å². The van der Waals surface area contributed by atoms with E-state index in [1.165, 1.54) is 0 Å². The third-order valence-corrected chi connectivity index (χ3v) is 4.33. The number of rotatable bonds is 8. The molecule has 0 aliphatic rings. The smallest absolute Gasteiger partial charge is 0.408 e. The summed E-state index contributed by atoms with van der Waals surface area (Å²) in [5, 5.41) is 5.54. The molecule has 0 spiro atoms. The highest BCUT2D eigenvalue weighted by Gasteiger charge is 2.25. The Balaban J connectivity index is 2.77. The lowest BCUT2D eigenvalue weighted by Gasteiger charge is -2.24. The monoisotopic (exact) mass is 382 g/mol. The van der Waals surface area contributed by atoms with Gasteiger partial charge in [-0.2, -0.15) is 0 Å². The Bertz CT molecular complexity index is 614. The van der Waals surface area contributed by atoms with Gasteiger partial charge in [0.1, 0.15) is 11.6 Å². The number of amides is 2. The van der Waals surface area contributed by atoms with Crippen molar-refractivity contribution in [2.45, 2.75) is 58.2 Å². The lowest BCUT2D eigenvalue weighted by atomic mass is 10.0. The van der Waals surface area contributed by atoms with Crippen LogP contribution in [0.25, 0.3) is 0 Å². The van der Waals surface area contributed by atoms with Gasteiger partial charge in [0.05, 0.1) is 0 Å². The summed E-state index contributed by atoms with van der Waals surface area (Å²) >= 11 is 0. The van der Waals surface area contributed by atoms with Gasteiger partial charge in [0.15, 0.2) is 0 Å². The van der Waals surface area contributed by atoms with Crippen molar-refractivity contribution in [3.63, 3.8) is 0 Å². The molecule has 0 saturated heterocycles. The summed E-state index contributed by atoms with van der Waals surface area (Å²) in [5.74, 6) is 0.235. The molecule has 1 rings (SSSR count). The van der Waals surface area contributed by atoms with Gasteiger partial charge in [0.25, 0.3) is 0 Å². The molecular weight excluding hydrogens is 352 g/mol. The molecule has 7 heteroatoms. The van der Waals surface area contributed by atoms with Crippen LogP contribution in [0.2, 0.25) is 0 Å². The second kappa shape index (κ2) is 10.3. The van der Waals surface area contributed by atoms with Crippen molar-refractivity contribution < 1.29 is 18.5 Å². The molecule has 146 valence electrons. The number of ether oxygens (including phenoxy) is 1. The normalized spacial score (nSPS) is 14.8. The molecule has 0 radical (unpaired) electrons. The summed E-state index contributed by atoms with van der Waals surface area (Å²) < 4.78 is 16.5. The molecule has 0 unspecified atom stereocenters. The van der Waals surface area contributed by atoms with Crippen LogP contribution >= 0.6 is 0 Å². The average molecular weight is 383 g/mol. The zero-order valence-corrected chi connectivity index (χ0v) is 17.0. The first-order valence-corrected chi connectivity index (χ1v) is 10.4. The van der Waals surface area contributed by atoms with Crippen LogP contribution in [0.3, 0.4) is 0 Å². The van der Waals surface area contributed by atoms with Gasteiger partial charge < -0.3 is 15.4 Å². The molecule has 0 fully saturated rings. The number of hydrogen-bond acceptors (Lipinski definition) is 4. The molecule has 0 aliphatic heterocycles. The van der Waals surface area contributed by atoms with E-state index in [0.717, 1.165) is 5.56 Å². The average Bonchev–Trinajstić information content (AvgIpc) is 2.51. The molecule has 0 saturated carbocycles. The first-order chi connectivity index (χ1) is 12.1. The minimum Gasteiger partial charge on any atom is -0.444 e. The highest BCUT2D eigenvalue weighted by Crippen LogP contribution is 2.09. The number of carbonyl (C=O) groups is 2. The maximum Gasteiger partial charge on any atom is 0.408 e. The Morgan fingerprint density at radius 3 is 2.31 bits per heavy atom. The minimum absolute atomic E-state index is 0.134. The number of carbonyl (C=O) groups excluding carboxylic acids is 2. The minimum atomic E-state index is -0.905. The third-order valence-electron chi connectivity index (χ3n) is 3.52. The fourth-order valence-electron chi connectivity index (χ4n) is 2.27. The molecule has 6 nitrogen and oxygen atoms in total. The molecule has 2 amide bonds. The van der Waals surface area contributed by atoms with Gasteiger partial charge >= 0.3 is 6.09 Å². The van der Waals surface area contributed by atoms with Crippen LogP contribution in [0.4, 0.5) is 4.79 Å². The van der Waals surface area contributed by atoms with Crippen molar-refractivity contribution >= 4 is 22.8 Å². The largest absolute Gasteiger partial charge is 0.444 e. The third kappa shape index (κ3) is 9.56. The summed E-state index contributed by atoms with van der Waals surface area (Å²) in [6.45, 7) is 7.17. The quantitative estimate of drug-likeness (QED) is 0.723. The highest BCUT2D eigenvalue weighted by atomic mass is 32.2. The van der Waals surface area contributed by atoms with Crippen LogP contribution < -0.4 is 10.6 Å². The Hall–Kier alpha value is -1.89. The van der Waals surface area contributed by atoms with E-state index in [-0.39, 0.29) is 11.9 Å². The molecule has 0 heterocycles. The number of alkyl carbamates (subject to hydrolysis) is 1. The van der Waals surface area contributed by atoms with Crippen LogP contribution in [0.1, 0.15) is 39.7 Å². The summed E-state index contributed by atoms with van der Waals surface area (Å²) in [7, 11) is -0.905. The van der Waals surface area contributed by atoms with Crippen LogP contribution in [-0.4, -0.2) is 45.9 Å². The van der Waals surface area contributed by atoms with E-state index in [0.29, 0.717) is 18.6 Å². The molecule has 0 aromatic heterocycles. The SMILES string of the molecule is C[C@@H](CC[S@](C)=O)NC(=O)[C@H](Cc1ccccc1)NC(=O)OC(C)(C)C. The molecule has 1 aromatic rings. The summed E-state index contributed by atoms with van der Waals surface area (Å²) in [6.07, 6.45) is 1.98. The number of nitrogens with one attached hydrogen (secondary N) is 2. The summed E-state index contributed by atoms with van der Waals surface area (Å²) in [5.41, 5.74) is 0.294. The first kappa shape index (κ1) is 22.2. The number of hydrogen-bond donors (Lipinski definition) is 2. The molecule has 2 N–H and O–H groups in total. The van der Waals surface area contributed by atoms with Crippen molar-refractivity contribution in [1.82, 2.24) is 10.6 Å². The van der Waals surface area contributed by atoms with Crippen LogP contribution in [0.5, 0.6) is 0 Å². The molecule has 26 heavy (non-hydrogen) atoms. The maximum atomic E-state index is 12.6. The van der Waals surface area contributed by atoms with Gasteiger partial charge in [-0.3, -0.25) is 9.00 Å². The fraction of sp³-hybridized carbons (Fsp3) is 0.579. The van der Waals surface area contributed by atoms with E-state index in [1.807, 2.05) is 37.3 Å². The maximum absolute atomic E-state index is 12.6. The second-order valence-corrected chi connectivity index (χ2v) is 8.92. The molecule has 0 bridgehead atoms. The van der Waals surface area contributed by atoms with Crippen molar-refractivity contribution in [3.05, 3.63) is 35.9 Å². The summed E-state index contributed by atoms with van der Waals surface area (Å²) in [4.78, 5) is 24.8. The van der Waals surface area contributed by atoms with Gasteiger partial charge in [0.2, 0.25) is 5.91 Å². The second-order valence-electron chi connectivity index (χ2n) is 7.36. The Morgan fingerprint density at radius 2 is 1.77 bits per heavy atom. The van der Waals surface area contributed by atoms with E-state index < -0.39 is 28.5 Å². The predicted octanol–water partition coefficient (Wildman–Crippen LogP) is 2.40. The van der Waals surface area contributed by atoms with Crippen LogP contribution in [0, 0.1) is 0 Å². The standard InChI is InChI=1S/C19H30N2O4S/c1-14(11-12-26(5)24)20-17(22)16(13-15-9-7-6-8-10-15)21-18(23)25-19(2,3)4/h6-10,14,16H,11-13H2,1-5H3,(H,20,22)(H,21,23)/t14-,16-,26-/m0/s1. The Morgan fingerprint density at radius 1 is 1.15 bits per heavy atom. The van der Waals surface area contributed by atoms with E-state index >= 15 is 0 Å². The van der Waals surface area contributed by atoms with E-state index in [1.54, 1.807) is 27.0 Å². The van der Waals surface area contributed by atoms with Crippen molar-refractivity contribution in [1.29, 1.82) is 0 Å². The molecule has 3 atom stereocenters. The first-order valence-electron chi connectivity index (χ1n) is 8.70. The van der Waals surface area contributed by atoms with Gasteiger partial charge in [-0.25, -0.2) is 4.79 Å². The van der Waals surface area contributed by atoms with Crippen molar-refractivity contribution in [3.8, 4) is 0 Å². The van der Waals surface area contributed by atoms with Gasteiger partial charge in [-0.05, 0) is 39.7 Å². The molecular formula is C19H30N2O4S. The topological polar surface area (TPSA) is 84.5 Å². The Labute approximate surface area is 158 Å². The van der Waals surface area contributed by atoms with Gasteiger partial charge in [-0.15, -0.1) is 0 Å². The zero-order chi connectivity index (χ0) is 19.7. The predicted molar refractivity (Wildman–Crippen MR) is 104 cm³/mol. The lowest BCUT2D eigenvalue weighted by molar-refractivity contribution is -0.123. The summed E-state index contributed by atoms with van der Waals surface area (Å²) in [6, 6.07) is 8.59. The van der Waals surface area contributed by atoms with Crippen molar-refractivity contribution in [2.75, 3.05) is 12.0 Å². The van der Waals surface area contributed by atoms with Gasteiger partial charge in [0, 0.05) is 35.3 Å². The lowest BCUT2D eigenvalue weighted by Crippen LogP contribution is -2.51. The van der Waals surface area contributed by atoms with E-state index in [2.05, 4.69) is 10.6 Å². The fourth-order valence-corrected chi connectivity index (χ4v) is 2.95. The zero-order valence-electron chi connectivity index (χ0n) is 16.2.